The summed E-state index contributed by atoms with van der Waals surface area (Å²) in [6.45, 7) is 3.51. The largest absolute Gasteiger partial charge is 0.419 e. The molecule has 1 atom stereocenters. The molecule has 2 nitrogen and oxygen atoms in total. The van der Waals surface area contributed by atoms with Gasteiger partial charge in [-0.05, 0) is 30.9 Å². The van der Waals surface area contributed by atoms with Gasteiger partial charge in [-0.25, -0.2) is 4.39 Å². The number of aromatic amines is 1. The van der Waals surface area contributed by atoms with Crippen molar-refractivity contribution in [2.75, 3.05) is 11.5 Å². The number of rotatable bonds is 4. The van der Waals surface area contributed by atoms with Crippen molar-refractivity contribution >= 4 is 22.7 Å². The number of thioether (sulfide) groups is 1. The van der Waals surface area contributed by atoms with Crippen molar-refractivity contribution in [3.8, 4) is 0 Å². The number of aromatic nitrogens is 1. The van der Waals surface area contributed by atoms with Crippen molar-refractivity contribution in [2.24, 2.45) is 0 Å². The quantitative estimate of drug-likeness (QED) is 0.824. The van der Waals surface area contributed by atoms with Crippen LogP contribution in [-0.2, 0) is 11.8 Å². The van der Waals surface area contributed by atoms with Crippen LogP contribution >= 0.6 is 11.8 Å². The molecule has 1 heterocycles. The summed E-state index contributed by atoms with van der Waals surface area (Å²) in [5.41, 5.74) is -2.00. The summed E-state index contributed by atoms with van der Waals surface area (Å²) in [7, 11) is 0. The van der Waals surface area contributed by atoms with Crippen LogP contribution in [0.5, 0.6) is 0 Å². The molecule has 0 spiro atoms. The number of alkyl halides is 3. The van der Waals surface area contributed by atoms with Crippen LogP contribution in [0, 0.1) is 5.82 Å². The SMILES string of the molecule is CCSCC(C)(O)c1cc2cc(F)c(C(F)(F)F)cc2[nH]1. The van der Waals surface area contributed by atoms with Gasteiger partial charge in [0, 0.05) is 22.3 Å². The van der Waals surface area contributed by atoms with Crippen molar-refractivity contribution in [1.82, 2.24) is 4.98 Å². The van der Waals surface area contributed by atoms with E-state index in [0.717, 1.165) is 17.9 Å². The normalized spacial score (nSPS) is 15.4. The molecule has 7 heteroatoms. The Morgan fingerprint density at radius 2 is 1.90 bits per heavy atom. The molecular weight excluding hydrogens is 306 g/mol. The van der Waals surface area contributed by atoms with Crippen LogP contribution in [0.4, 0.5) is 17.6 Å². The Labute approximate surface area is 123 Å². The minimum absolute atomic E-state index is 0.153. The Balaban J connectivity index is 2.47. The van der Waals surface area contributed by atoms with Crippen LogP contribution in [0.3, 0.4) is 0 Å². The Kier molecular flexibility index (Phi) is 4.26. The summed E-state index contributed by atoms with van der Waals surface area (Å²) in [6, 6.07) is 3.05. The zero-order chi connectivity index (χ0) is 15.8. The number of H-pyrrole nitrogens is 1. The molecule has 2 aromatic rings. The summed E-state index contributed by atoms with van der Waals surface area (Å²) < 4.78 is 51.6. The molecule has 0 amide bonds. The molecule has 0 radical (unpaired) electrons. The molecule has 21 heavy (non-hydrogen) atoms. The Hall–Kier alpha value is -1.21. The monoisotopic (exact) mass is 321 g/mol. The van der Waals surface area contributed by atoms with E-state index in [-0.39, 0.29) is 5.52 Å². The first-order valence-electron chi connectivity index (χ1n) is 6.35. The van der Waals surface area contributed by atoms with Crippen LogP contribution < -0.4 is 0 Å². The Morgan fingerprint density at radius 3 is 2.48 bits per heavy atom. The fraction of sp³-hybridized carbons (Fsp3) is 0.429. The smallest absolute Gasteiger partial charge is 0.383 e. The fourth-order valence-corrected chi connectivity index (χ4v) is 2.80. The molecule has 1 aromatic heterocycles. The molecule has 116 valence electrons. The zero-order valence-corrected chi connectivity index (χ0v) is 12.3. The molecule has 0 aliphatic carbocycles. The molecule has 0 bridgehead atoms. The lowest BCUT2D eigenvalue weighted by atomic mass is 10.1. The van der Waals surface area contributed by atoms with Crippen LogP contribution in [-0.4, -0.2) is 21.6 Å². The number of hydrogen-bond acceptors (Lipinski definition) is 2. The van der Waals surface area contributed by atoms with E-state index in [4.69, 9.17) is 0 Å². The van der Waals surface area contributed by atoms with Crippen LogP contribution in [0.2, 0.25) is 0 Å². The minimum Gasteiger partial charge on any atom is -0.383 e. The van der Waals surface area contributed by atoms with Gasteiger partial charge in [0.15, 0.2) is 0 Å². The summed E-state index contributed by atoms with van der Waals surface area (Å²) in [4.78, 5) is 2.75. The molecule has 1 aromatic carbocycles. The maximum atomic E-state index is 13.5. The number of halogens is 4. The molecule has 0 aliphatic rings. The highest BCUT2D eigenvalue weighted by molar-refractivity contribution is 7.99. The third-order valence-electron chi connectivity index (χ3n) is 3.18. The fourth-order valence-electron chi connectivity index (χ4n) is 2.04. The third-order valence-corrected chi connectivity index (χ3v) is 4.36. The van der Waals surface area contributed by atoms with E-state index < -0.39 is 23.2 Å². The molecule has 0 aliphatic heterocycles. The highest BCUT2D eigenvalue weighted by Gasteiger charge is 2.35. The predicted molar refractivity (Wildman–Crippen MR) is 75.8 cm³/mol. The van der Waals surface area contributed by atoms with Crippen LogP contribution in [0.1, 0.15) is 25.1 Å². The second kappa shape index (κ2) is 5.53. The molecule has 2 rings (SSSR count). The number of aliphatic hydroxyl groups is 1. The lowest BCUT2D eigenvalue weighted by Crippen LogP contribution is -2.24. The number of fused-ring (bicyclic) bond motifs is 1. The van der Waals surface area contributed by atoms with Gasteiger partial charge in [0.05, 0.1) is 5.56 Å². The highest BCUT2D eigenvalue weighted by Crippen LogP contribution is 2.35. The number of hydrogen-bond donors (Lipinski definition) is 2. The molecule has 1 unspecified atom stereocenters. The topological polar surface area (TPSA) is 36.0 Å². The Morgan fingerprint density at radius 1 is 1.24 bits per heavy atom. The zero-order valence-electron chi connectivity index (χ0n) is 11.5. The third kappa shape index (κ3) is 3.35. The molecule has 0 saturated carbocycles. The second-order valence-corrected chi connectivity index (χ2v) is 6.29. The van der Waals surface area contributed by atoms with Crippen molar-refractivity contribution in [1.29, 1.82) is 0 Å². The highest BCUT2D eigenvalue weighted by atomic mass is 32.2. The first-order chi connectivity index (χ1) is 9.65. The van der Waals surface area contributed by atoms with Crippen molar-refractivity contribution in [3.63, 3.8) is 0 Å². The number of nitrogens with one attached hydrogen (secondary N) is 1. The van der Waals surface area contributed by atoms with Gasteiger partial charge in [-0.15, -0.1) is 0 Å². The van der Waals surface area contributed by atoms with Gasteiger partial charge in [0.2, 0.25) is 0 Å². The standard InChI is InChI=1S/C14H15F4NOS/c1-3-21-7-13(2,20)12-5-8-4-10(15)9(14(16,17)18)6-11(8)19-12/h4-6,19-20H,3,7H2,1-2H3. The molecule has 0 saturated heterocycles. The maximum Gasteiger partial charge on any atom is 0.419 e. The van der Waals surface area contributed by atoms with Gasteiger partial charge >= 0.3 is 6.18 Å². The van der Waals surface area contributed by atoms with Gasteiger partial charge < -0.3 is 10.1 Å². The van der Waals surface area contributed by atoms with Crippen LogP contribution in [0.15, 0.2) is 18.2 Å². The van der Waals surface area contributed by atoms with Gasteiger partial charge in [0.25, 0.3) is 0 Å². The number of benzene rings is 1. The van der Waals surface area contributed by atoms with E-state index in [2.05, 4.69) is 4.98 Å². The minimum atomic E-state index is -4.75. The average molecular weight is 321 g/mol. The van der Waals surface area contributed by atoms with Gasteiger partial charge in [-0.3, -0.25) is 0 Å². The molecule has 0 fully saturated rings. The van der Waals surface area contributed by atoms with Crippen molar-refractivity contribution < 1.29 is 22.7 Å². The average Bonchev–Trinajstić information content (AvgIpc) is 2.77. The van der Waals surface area contributed by atoms with E-state index in [1.807, 2.05) is 6.92 Å². The molecule has 2 N–H and O–H groups in total. The first kappa shape index (κ1) is 16.2. The summed E-state index contributed by atoms with van der Waals surface area (Å²) in [5.74, 6) is -0.114. The van der Waals surface area contributed by atoms with E-state index in [0.29, 0.717) is 16.8 Å². The van der Waals surface area contributed by atoms with E-state index in [1.54, 1.807) is 6.92 Å². The summed E-state index contributed by atoms with van der Waals surface area (Å²) in [6.07, 6.45) is -4.75. The van der Waals surface area contributed by atoms with E-state index in [1.165, 1.54) is 17.8 Å². The summed E-state index contributed by atoms with van der Waals surface area (Å²) in [5, 5.41) is 10.7. The van der Waals surface area contributed by atoms with Gasteiger partial charge in [-0.1, -0.05) is 6.92 Å². The summed E-state index contributed by atoms with van der Waals surface area (Å²) >= 11 is 1.51. The van der Waals surface area contributed by atoms with Gasteiger partial charge in [-0.2, -0.15) is 24.9 Å². The Bertz CT molecular complexity index is 648. The van der Waals surface area contributed by atoms with Crippen molar-refractivity contribution in [3.05, 3.63) is 35.3 Å². The van der Waals surface area contributed by atoms with E-state index >= 15 is 0 Å². The lowest BCUT2D eigenvalue weighted by Gasteiger charge is -2.21. The second-order valence-electron chi connectivity index (χ2n) is 5.01. The predicted octanol–water partition coefficient (Wildman–Crippen LogP) is 4.29. The van der Waals surface area contributed by atoms with Crippen molar-refractivity contribution in [2.45, 2.75) is 25.6 Å². The lowest BCUT2D eigenvalue weighted by molar-refractivity contribution is -0.139. The maximum absolute atomic E-state index is 13.5. The van der Waals surface area contributed by atoms with E-state index in [9.17, 15) is 22.7 Å². The first-order valence-corrected chi connectivity index (χ1v) is 7.50. The van der Waals surface area contributed by atoms with Gasteiger partial charge in [0.1, 0.15) is 11.4 Å². The van der Waals surface area contributed by atoms with Crippen LogP contribution in [0.25, 0.3) is 10.9 Å². The molecular formula is C14H15F4NOS.